The Balaban J connectivity index is 1.37. The zero-order valence-electron chi connectivity index (χ0n) is 17.1. The van der Waals surface area contributed by atoms with Crippen molar-refractivity contribution in [3.05, 3.63) is 81.6 Å². The summed E-state index contributed by atoms with van der Waals surface area (Å²) in [6.45, 7) is 4.87. The maximum absolute atomic E-state index is 12.0. The molecule has 0 unspecified atom stereocenters. The van der Waals surface area contributed by atoms with Gasteiger partial charge in [0.05, 0.1) is 11.4 Å². The van der Waals surface area contributed by atoms with Gasteiger partial charge in [-0.25, -0.2) is 4.68 Å². The zero-order valence-corrected chi connectivity index (χ0v) is 18.7. The van der Waals surface area contributed by atoms with Gasteiger partial charge in [-0.15, -0.1) is 0 Å². The van der Waals surface area contributed by atoms with Crippen LogP contribution in [-0.2, 0) is 11.2 Å². The van der Waals surface area contributed by atoms with Crippen molar-refractivity contribution in [3.63, 3.8) is 0 Å². The van der Waals surface area contributed by atoms with Crippen LogP contribution in [0.2, 0.25) is 0 Å². The Morgan fingerprint density at radius 1 is 0.967 bits per heavy atom. The van der Waals surface area contributed by atoms with E-state index >= 15 is 0 Å². The minimum atomic E-state index is -0.182. The number of hydrogen-bond donors (Lipinski definition) is 2. The van der Waals surface area contributed by atoms with E-state index in [1.54, 1.807) is 12.1 Å². The smallest absolute Gasteiger partial charge is 0.251 e. The molecule has 156 valence electrons. The second kappa shape index (κ2) is 10.2. The summed E-state index contributed by atoms with van der Waals surface area (Å²) in [7, 11) is 0. The Kier molecular flexibility index (Phi) is 7.41. The van der Waals surface area contributed by atoms with Crippen molar-refractivity contribution in [1.82, 2.24) is 20.4 Å². The first-order valence-electron chi connectivity index (χ1n) is 9.85. The normalized spacial score (nSPS) is 10.6. The van der Waals surface area contributed by atoms with Crippen molar-refractivity contribution in [2.75, 3.05) is 13.1 Å². The van der Waals surface area contributed by atoms with Crippen LogP contribution in [0.25, 0.3) is 5.69 Å². The summed E-state index contributed by atoms with van der Waals surface area (Å²) in [4.78, 5) is 24.0. The molecule has 0 radical (unpaired) electrons. The molecule has 0 aliphatic heterocycles. The number of carbonyl (C=O) groups is 2. The Morgan fingerprint density at radius 2 is 1.67 bits per heavy atom. The molecular formula is C23H25BrN4O2. The number of carbonyl (C=O) groups excluding carboxylic acids is 2. The Morgan fingerprint density at radius 3 is 2.30 bits per heavy atom. The topological polar surface area (TPSA) is 76.0 Å². The summed E-state index contributed by atoms with van der Waals surface area (Å²) in [6, 6.07) is 17.3. The molecule has 0 bridgehead atoms. The molecule has 3 aromatic rings. The van der Waals surface area contributed by atoms with Crippen LogP contribution in [0.1, 0.15) is 33.7 Å². The van der Waals surface area contributed by atoms with Gasteiger partial charge in [0.2, 0.25) is 5.91 Å². The number of amides is 2. The van der Waals surface area contributed by atoms with E-state index in [1.165, 1.54) is 0 Å². The first-order valence-corrected chi connectivity index (χ1v) is 10.6. The third-order valence-corrected chi connectivity index (χ3v) is 5.20. The van der Waals surface area contributed by atoms with Crippen LogP contribution in [-0.4, -0.2) is 34.7 Å². The molecule has 0 aliphatic rings. The molecule has 1 aromatic heterocycles. The van der Waals surface area contributed by atoms with Gasteiger partial charge in [-0.1, -0.05) is 28.1 Å². The van der Waals surface area contributed by atoms with Crippen LogP contribution in [0.3, 0.4) is 0 Å². The fourth-order valence-corrected chi connectivity index (χ4v) is 3.39. The molecule has 0 atom stereocenters. The molecule has 1 heterocycles. The molecule has 2 N–H and O–H groups in total. The van der Waals surface area contributed by atoms with Crippen LogP contribution in [0, 0.1) is 13.8 Å². The minimum absolute atomic E-state index is 0.0784. The summed E-state index contributed by atoms with van der Waals surface area (Å²) in [5, 5.41) is 10.1. The van der Waals surface area contributed by atoms with Crippen LogP contribution in [0.4, 0.5) is 0 Å². The van der Waals surface area contributed by atoms with E-state index < -0.39 is 0 Å². The SMILES string of the molecule is Cc1cc(C)n(-c2ccc(CCNC(=O)CCNC(=O)c3ccc(Br)cc3)cc2)n1. The van der Waals surface area contributed by atoms with Gasteiger partial charge in [-0.3, -0.25) is 9.59 Å². The molecule has 30 heavy (non-hydrogen) atoms. The van der Waals surface area contributed by atoms with Crippen molar-refractivity contribution in [3.8, 4) is 5.69 Å². The van der Waals surface area contributed by atoms with Gasteiger partial charge in [-0.05, 0) is 68.3 Å². The summed E-state index contributed by atoms with van der Waals surface area (Å²) >= 11 is 3.34. The molecule has 7 heteroatoms. The number of nitrogens with zero attached hydrogens (tertiary/aromatic N) is 2. The molecule has 6 nitrogen and oxygen atoms in total. The number of hydrogen-bond acceptors (Lipinski definition) is 3. The predicted octanol–water partition coefficient (Wildman–Crippen LogP) is 3.73. The zero-order chi connectivity index (χ0) is 21.5. The highest BCUT2D eigenvalue weighted by Gasteiger charge is 2.07. The molecule has 0 spiro atoms. The van der Waals surface area contributed by atoms with Gasteiger partial charge >= 0.3 is 0 Å². The molecule has 2 aromatic carbocycles. The quantitative estimate of drug-likeness (QED) is 0.528. The van der Waals surface area contributed by atoms with E-state index in [4.69, 9.17) is 0 Å². The lowest BCUT2D eigenvalue weighted by Crippen LogP contribution is -2.31. The number of rotatable bonds is 8. The highest BCUT2D eigenvalue weighted by molar-refractivity contribution is 9.10. The first kappa shape index (κ1) is 21.8. The summed E-state index contributed by atoms with van der Waals surface area (Å²) in [6.07, 6.45) is 0.994. The van der Waals surface area contributed by atoms with Gasteiger partial charge < -0.3 is 10.6 Å². The average Bonchev–Trinajstić information content (AvgIpc) is 3.07. The Labute approximate surface area is 184 Å². The lowest BCUT2D eigenvalue weighted by atomic mass is 10.1. The van der Waals surface area contributed by atoms with Crippen LogP contribution < -0.4 is 10.6 Å². The summed E-state index contributed by atoms with van der Waals surface area (Å²) in [5.74, 6) is -0.261. The third-order valence-electron chi connectivity index (χ3n) is 4.67. The van der Waals surface area contributed by atoms with E-state index in [-0.39, 0.29) is 18.2 Å². The first-order chi connectivity index (χ1) is 14.4. The molecule has 0 saturated heterocycles. The van der Waals surface area contributed by atoms with Gasteiger partial charge in [0.1, 0.15) is 0 Å². The van der Waals surface area contributed by atoms with Crippen LogP contribution in [0.5, 0.6) is 0 Å². The lowest BCUT2D eigenvalue weighted by molar-refractivity contribution is -0.120. The fourth-order valence-electron chi connectivity index (χ4n) is 3.12. The second-order valence-electron chi connectivity index (χ2n) is 7.12. The van der Waals surface area contributed by atoms with Crippen molar-refractivity contribution in [2.45, 2.75) is 26.7 Å². The largest absolute Gasteiger partial charge is 0.356 e. The second-order valence-corrected chi connectivity index (χ2v) is 8.03. The Bertz CT molecular complexity index is 1010. The van der Waals surface area contributed by atoms with Gasteiger partial charge in [0.15, 0.2) is 0 Å². The van der Waals surface area contributed by atoms with E-state index in [1.807, 2.05) is 48.9 Å². The molecule has 2 amide bonds. The monoisotopic (exact) mass is 468 g/mol. The summed E-state index contributed by atoms with van der Waals surface area (Å²) < 4.78 is 2.84. The fraction of sp³-hybridized carbons (Fsp3) is 0.261. The third kappa shape index (κ3) is 6.03. The van der Waals surface area contributed by atoms with Gasteiger partial charge in [0, 0.05) is 35.2 Å². The average molecular weight is 469 g/mol. The van der Waals surface area contributed by atoms with Gasteiger partial charge in [-0.2, -0.15) is 5.10 Å². The highest BCUT2D eigenvalue weighted by atomic mass is 79.9. The highest BCUT2D eigenvalue weighted by Crippen LogP contribution is 2.13. The lowest BCUT2D eigenvalue weighted by Gasteiger charge is -2.08. The van der Waals surface area contributed by atoms with Crippen molar-refractivity contribution < 1.29 is 9.59 Å². The number of halogens is 1. The molecular weight excluding hydrogens is 444 g/mol. The van der Waals surface area contributed by atoms with Crippen molar-refractivity contribution >= 4 is 27.7 Å². The standard InChI is InChI=1S/C23H25BrN4O2/c1-16-15-17(2)28(27-16)21-9-3-18(4-10-21)11-13-25-22(29)12-14-26-23(30)19-5-7-20(24)8-6-19/h3-10,15H,11-14H2,1-2H3,(H,25,29)(H,26,30). The predicted molar refractivity (Wildman–Crippen MR) is 121 cm³/mol. The van der Waals surface area contributed by atoms with E-state index in [0.717, 1.165) is 33.5 Å². The summed E-state index contributed by atoms with van der Waals surface area (Å²) in [5.41, 5.74) is 4.83. The number of aryl methyl sites for hydroxylation is 2. The molecule has 0 aliphatic carbocycles. The number of nitrogens with one attached hydrogen (secondary N) is 2. The number of aromatic nitrogens is 2. The van der Waals surface area contributed by atoms with Crippen LogP contribution >= 0.6 is 15.9 Å². The Hall–Kier alpha value is -2.93. The van der Waals surface area contributed by atoms with Crippen LogP contribution in [0.15, 0.2) is 59.1 Å². The minimum Gasteiger partial charge on any atom is -0.356 e. The van der Waals surface area contributed by atoms with Crippen molar-refractivity contribution in [2.24, 2.45) is 0 Å². The maximum atomic E-state index is 12.0. The number of benzene rings is 2. The molecule has 0 saturated carbocycles. The molecule has 0 fully saturated rings. The maximum Gasteiger partial charge on any atom is 0.251 e. The molecule has 3 rings (SSSR count). The van der Waals surface area contributed by atoms with Crippen molar-refractivity contribution in [1.29, 1.82) is 0 Å². The van der Waals surface area contributed by atoms with E-state index in [2.05, 4.69) is 43.8 Å². The van der Waals surface area contributed by atoms with E-state index in [0.29, 0.717) is 18.7 Å². The van der Waals surface area contributed by atoms with E-state index in [9.17, 15) is 9.59 Å². The van der Waals surface area contributed by atoms with Gasteiger partial charge in [0.25, 0.3) is 5.91 Å².